The molecule has 0 bridgehead atoms. The van der Waals surface area contributed by atoms with Crippen molar-refractivity contribution >= 4 is 11.2 Å². The number of nitrogens with zero attached hydrogens (tertiary/aromatic N) is 3. The molecule has 0 saturated heterocycles. The van der Waals surface area contributed by atoms with E-state index in [0.29, 0.717) is 22.5 Å². The Hall–Kier alpha value is -2.83. The van der Waals surface area contributed by atoms with Gasteiger partial charge < -0.3 is 9.72 Å². The molecule has 6 nitrogen and oxygen atoms in total. The van der Waals surface area contributed by atoms with Crippen molar-refractivity contribution in [2.45, 2.75) is 44.4 Å². The van der Waals surface area contributed by atoms with Crippen LogP contribution >= 0.6 is 0 Å². The first-order valence-electron chi connectivity index (χ1n) is 9.11. The number of rotatable bonds is 3. The summed E-state index contributed by atoms with van der Waals surface area (Å²) in [5.74, 6) is 0.252. The molecular formula is C20H21FN4O2. The third kappa shape index (κ3) is 3.29. The van der Waals surface area contributed by atoms with E-state index < -0.39 is 5.95 Å². The van der Waals surface area contributed by atoms with Gasteiger partial charge in [-0.05, 0) is 56.6 Å². The van der Waals surface area contributed by atoms with Gasteiger partial charge in [-0.25, -0.2) is 9.97 Å². The third-order valence-corrected chi connectivity index (χ3v) is 5.40. The number of fused-ring (bicyclic) bond motifs is 1. The van der Waals surface area contributed by atoms with Crippen molar-refractivity contribution in [2.75, 3.05) is 7.11 Å². The van der Waals surface area contributed by atoms with Crippen molar-refractivity contribution in [3.63, 3.8) is 0 Å². The second-order valence-corrected chi connectivity index (χ2v) is 7.07. The number of methoxy groups -OCH3 is 1. The second-order valence-electron chi connectivity index (χ2n) is 7.07. The molecular weight excluding hydrogens is 347 g/mol. The fraction of sp³-hybridized carbons (Fsp3) is 0.400. The summed E-state index contributed by atoms with van der Waals surface area (Å²) in [4.78, 5) is 27.9. The van der Waals surface area contributed by atoms with E-state index in [9.17, 15) is 9.18 Å². The summed E-state index contributed by atoms with van der Waals surface area (Å²) in [5, 5.41) is 0. The highest BCUT2D eigenvalue weighted by Crippen LogP contribution is 2.43. The molecule has 27 heavy (non-hydrogen) atoms. The summed E-state index contributed by atoms with van der Waals surface area (Å²) < 4.78 is 19.6. The topological polar surface area (TPSA) is 80.8 Å². The quantitative estimate of drug-likeness (QED) is 0.714. The molecule has 0 atom stereocenters. The third-order valence-electron chi connectivity index (χ3n) is 5.40. The molecule has 0 radical (unpaired) electrons. The van der Waals surface area contributed by atoms with Gasteiger partial charge >= 0.3 is 0 Å². The number of halogens is 1. The molecule has 0 amide bonds. The Bertz CT molecular complexity index is 1040. The Balaban J connectivity index is 1.58. The van der Waals surface area contributed by atoms with Crippen molar-refractivity contribution in [1.29, 1.82) is 0 Å². The highest BCUT2D eigenvalue weighted by Gasteiger charge is 2.29. The number of aromatic amines is 1. The zero-order valence-corrected chi connectivity index (χ0v) is 15.3. The molecule has 0 aromatic carbocycles. The van der Waals surface area contributed by atoms with Crippen LogP contribution in [0.5, 0.6) is 5.75 Å². The van der Waals surface area contributed by atoms with Gasteiger partial charge in [-0.2, -0.15) is 4.39 Å². The Kier molecular flexibility index (Phi) is 4.59. The average Bonchev–Trinajstić information content (AvgIpc) is 2.67. The highest BCUT2D eigenvalue weighted by atomic mass is 19.1. The Morgan fingerprint density at radius 2 is 1.93 bits per heavy atom. The lowest BCUT2D eigenvalue weighted by Gasteiger charge is -2.29. The first-order chi connectivity index (χ1) is 13.1. The minimum Gasteiger partial charge on any atom is -0.496 e. The van der Waals surface area contributed by atoms with Crippen LogP contribution in [-0.4, -0.2) is 27.0 Å². The lowest BCUT2D eigenvalue weighted by Crippen LogP contribution is -2.21. The lowest BCUT2D eigenvalue weighted by atomic mass is 9.76. The summed E-state index contributed by atoms with van der Waals surface area (Å²) in [6.45, 7) is 1.84. The smallest absolute Gasteiger partial charge is 0.253 e. The summed E-state index contributed by atoms with van der Waals surface area (Å²) in [6, 6.07) is 3.54. The number of pyridine rings is 2. The first kappa shape index (κ1) is 17.6. The number of aromatic nitrogens is 4. The summed E-state index contributed by atoms with van der Waals surface area (Å²) in [7, 11) is 1.54. The van der Waals surface area contributed by atoms with E-state index in [-0.39, 0.29) is 17.4 Å². The number of hydrogen-bond acceptors (Lipinski definition) is 5. The van der Waals surface area contributed by atoms with Crippen molar-refractivity contribution in [3.05, 3.63) is 57.6 Å². The zero-order valence-electron chi connectivity index (χ0n) is 15.3. The monoisotopic (exact) mass is 368 g/mol. The average molecular weight is 368 g/mol. The fourth-order valence-electron chi connectivity index (χ4n) is 4.05. The Morgan fingerprint density at radius 3 is 2.67 bits per heavy atom. The van der Waals surface area contributed by atoms with Crippen LogP contribution < -0.4 is 10.3 Å². The summed E-state index contributed by atoms with van der Waals surface area (Å²) >= 11 is 0. The van der Waals surface area contributed by atoms with Crippen molar-refractivity contribution in [1.82, 2.24) is 19.9 Å². The number of ether oxygens (including phenoxy) is 1. The molecule has 3 aromatic rings. The number of H-pyrrole nitrogens is 1. The maximum atomic E-state index is 14.3. The number of aryl methyl sites for hydroxylation is 1. The van der Waals surface area contributed by atoms with E-state index in [1.54, 1.807) is 19.4 Å². The van der Waals surface area contributed by atoms with Gasteiger partial charge in [-0.3, -0.25) is 9.78 Å². The van der Waals surface area contributed by atoms with Gasteiger partial charge in [-0.15, -0.1) is 0 Å². The summed E-state index contributed by atoms with van der Waals surface area (Å²) in [6.07, 6.45) is 6.27. The van der Waals surface area contributed by atoms with Crippen LogP contribution in [-0.2, 0) is 0 Å². The van der Waals surface area contributed by atoms with Crippen LogP contribution in [0.4, 0.5) is 4.39 Å². The van der Waals surface area contributed by atoms with Gasteiger partial charge in [0.2, 0.25) is 5.95 Å². The molecule has 1 aliphatic rings. The van der Waals surface area contributed by atoms with Crippen LogP contribution in [0.25, 0.3) is 11.2 Å². The lowest BCUT2D eigenvalue weighted by molar-refractivity contribution is 0.354. The van der Waals surface area contributed by atoms with E-state index in [0.717, 1.165) is 36.9 Å². The second kappa shape index (κ2) is 7.06. The van der Waals surface area contributed by atoms with E-state index in [1.165, 1.54) is 6.20 Å². The fourth-order valence-corrected chi connectivity index (χ4v) is 4.05. The number of nitrogens with one attached hydrogen (secondary N) is 1. The Morgan fingerprint density at radius 1 is 1.19 bits per heavy atom. The minimum atomic E-state index is -0.466. The predicted octanol–water partition coefficient (Wildman–Crippen LogP) is 3.61. The molecule has 140 valence electrons. The molecule has 4 rings (SSSR count). The van der Waals surface area contributed by atoms with Gasteiger partial charge in [0.05, 0.1) is 18.4 Å². The SMILES string of the molecule is COc1ccnc(F)c1C1CCC(c2cc3ncc(C)nc3[nH]c2=O)CC1. The van der Waals surface area contributed by atoms with Crippen LogP contribution in [0.3, 0.4) is 0 Å². The molecule has 1 saturated carbocycles. The van der Waals surface area contributed by atoms with Gasteiger partial charge in [0, 0.05) is 18.0 Å². The van der Waals surface area contributed by atoms with E-state index in [1.807, 2.05) is 13.0 Å². The molecule has 0 spiro atoms. The van der Waals surface area contributed by atoms with E-state index in [2.05, 4.69) is 19.9 Å². The van der Waals surface area contributed by atoms with Crippen molar-refractivity contribution in [2.24, 2.45) is 0 Å². The first-order valence-corrected chi connectivity index (χ1v) is 9.11. The maximum absolute atomic E-state index is 14.3. The van der Waals surface area contributed by atoms with E-state index >= 15 is 0 Å². The molecule has 0 unspecified atom stereocenters. The van der Waals surface area contributed by atoms with Gasteiger partial charge in [0.15, 0.2) is 5.65 Å². The van der Waals surface area contributed by atoms with E-state index in [4.69, 9.17) is 4.74 Å². The van der Waals surface area contributed by atoms with Crippen LogP contribution in [0.15, 0.2) is 29.3 Å². The molecule has 3 aromatic heterocycles. The van der Waals surface area contributed by atoms with Crippen LogP contribution in [0.2, 0.25) is 0 Å². The van der Waals surface area contributed by atoms with Crippen LogP contribution in [0, 0.1) is 12.9 Å². The molecule has 0 aliphatic heterocycles. The summed E-state index contributed by atoms with van der Waals surface area (Å²) in [5.41, 5.74) is 3.14. The molecule has 1 aliphatic carbocycles. The zero-order chi connectivity index (χ0) is 19.0. The molecule has 1 fully saturated rings. The predicted molar refractivity (Wildman–Crippen MR) is 99.6 cm³/mol. The van der Waals surface area contributed by atoms with Crippen LogP contribution in [0.1, 0.15) is 54.3 Å². The maximum Gasteiger partial charge on any atom is 0.253 e. The van der Waals surface area contributed by atoms with Crippen molar-refractivity contribution in [3.8, 4) is 5.75 Å². The molecule has 3 heterocycles. The highest BCUT2D eigenvalue weighted by molar-refractivity contribution is 5.70. The molecule has 7 heteroatoms. The Labute approximate surface area is 155 Å². The molecule has 1 N–H and O–H groups in total. The van der Waals surface area contributed by atoms with Gasteiger partial charge in [-0.1, -0.05) is 0 Å². The van der Waals surface area contributed by atoms with Gasteiger partial charge in [0.1, 0.15) is 11.3 Å². The van der Waals surface area contributed by atoms with Gasteiger partial charge in [0.25, 0.3) is 5.56 Å². The normalized spacial score (nSPS) is 20.0. The standard InChI is InChI=1S/C20H21FN4O2/c1-11-10-23-15-9-14(20(26)25-19(15)24-11)12-3-5-13(6-4-12)17-16(27-2)7-8-22-18(17)21/h7-10,12-13H,3-6H2,1-2H3,(H,24,25,26). The van der Waals surface area contributed by atoms with Crippen molar-refractivity contribution < 1.29 is 9.13 Å². The largest absolute Gasteiger partial charge is 0.496 e. The minimum absolute atomic E-state index is 0.0480. The number of hydrogen-bond donors (Lipinski definition) is 1.